The average Bonchev–Trinajstić information content (AvgIpc) is 2.89. The first kappa shape index (κ1) is 28.8. The number of methoxy groups -OCH3 is 3. The molecule has 9 heteroatoms. The summed E-state index contributed by atoms with van der Waals surface area (Å²) in [7, 11) is 0.388. The summed E-state index contributed by atoms with van der Waals surface area (Å²) >= 11 is 0. The Morgan fingerprint density at radius 3 is 2.00 bits per heavy atom. The fraction of sp³-hybridized carbons (Fsp3) is 0.345. The molecule has 0 aliphatic carbocycles. The maximum Gasteiger partial charge on any atom is 0.264 e. The van der Waals surface area contributed by atoms with Gasteiger partial charge in [0.2, 0.25) is 5.91 Å². The zero-order chi connectivity index (χ0) is 28.0. The molecule has 0 fully saturated rings. The van der Waals surface area contributed by atoms with E-state index >= 15 is 0 Å². The monoisotopic (exact) mass is 540 g/mol. The van der Waals surface area contributed by atoms with Crippen LogP contribution >= 0.6 is 0 Å². The number of rotatable bonds is 11. The van der Waals surface area contributed by atoms with Gasteiger partial charge in [0.1, 0.15) is 12.3 Å². The Morgan fingerprint density at radius 2 is 1.45 bits per heavy atom. The van der Waals surface area contributed by atoms with Crippen LogP contribution in [0, 0.1) is 20.8 Å². The van der Waals surface area contributed by atoms with Crippen molar-refractivity contribution >= 4 is 21.6 Å². The van der Waals surface area contributed by atoms with E-state index in [1.54, 1.807) is 19.2 Å². The van der Waals surface area contributed by atoms with Crippen molar-refractivity contribution in [1.29, 1.82) is 0 Å². The first-order chi connectivity index (χ1) is 18.0. The van der Waals surface area contributed by atoms with Gasteiger partial charge in [0.25, 0.3) is 10.0 Å². The van der Waals surface area contributed by atoms with Gasteiger partial charge >= 0.3 is 0 Å². The molecule has 1 N–H and O–H groups in total. The van der Waals surface area contributed by atoms with Crippen molar-refractivity contribution in [2.45, 2.75) is 45.1 Å². The van der Waals surface area contributed by atoms with Gasteiger partial charge in [-0.05, 0) is 79.8 Å². The van der Waals surface area contributed by atoms with Crippen LogP contribution in [0.15, 0.2) is 59.5 Å². The second kappa shape index (κ2) is 12.2. The molecule has 8 nitrogen and oxygen atoms in total. The Morgan fingerprint density at radius 1 is 0.842 bits per heavy atom. The maximum atomic E-state index is 13.9. The molecular formula is C29H36N2O6S. The molecule has 3 rings (SSSR count). The molecule has 1 atom stereocenters. The number of aryl methyl sites for hydroxylation is 3. The van der Waals surface area contributed by atoms with Crippen molar-refractivity contribution in [2.75, 3.05) is 32.2 Å². The second-order valence-electron chi connectivity index (χ2n) is 9.13. The first-order valence-electron chi connectivity index (χ1n) is 12.3. The van der Waals surface area contributed by atoms with Gasteiger partial charge in [-0.25, -0.2) is 8.42 Å². The van der Waals surface area contributed by atoms with E-state index in [-0.39, 0.29) is 16.7 Å². The van der Waals surface area contributed by atoms with Gasteiger partial charge < -0.3 is 19.5 Å². The zero-order valence-electron chi connectivity index (χ0n) is 23.0. The topological polar surface area (TPSA) is 94.2 Å². The number of carbonyl (C=O) groups is 1. The molecule has 204 valence electrons. The van der Waals surface area contributed by atoms with Crippen molar-refractivity contribution < 1.29 is 27.4 Å². The Kier molecular flexibility index (Phi) is 9.27. The minimum atomic E-state index is -4.14. The summed E-state index contributed by atoms with van der Waals surface area (Å²) in [6, 6.07) is 15.3. The number of benzene rings is 3. The van der Waals surface area contributed by atoms with E-state index in [1.807, 2.05) is 52.0 Å². The molecule has 0 aliphatic rings. The van der Waals surface area contributed by atoms with E-state index in [0.717, 1.165) is 32.3 Å². The van der Waals surface area contributed by atoms with Crippen LogP contribution in [0.1, 0.15) is 41.6 Å². The molecule has 0 saturated heterocycles. The summed E-state index contributed by atoms with van der Waals surface area (Å²) in [5.41, 5.74) is 4.03. The number of carbonyl (C=O) groups excluding carboxylic acids is 1. The highest BCUT2D eigenvalue weighted by Crippen LogP contribution is 2.33. The van der Waals surface area contributed by atoms with Crippen LogP contribution in [0.4, 0.5) is 5.69 Å². The smallest absolute Gasteiger partial charge is 0.264 e. The molecule has 38 heavy (non-hydrogen) atoms. The number of nitrogens with zero attached hydrogens (tertiary/aromatic N) is 1. The summed E-state index contributed by atoms with van der Waals surface area (Å²) in [5, 5.41) is 3.01. The highest BCUT2D eigenvalue weighted by Gasteiger charge is 2.29. The van der Waals surface area contributed by atoms with Gasteiger partial charge in [0.15, 0.2) is 11.5 Å². The Hall–Kier alpha value is -3.72. The lowest BCUT2D eigenvalue weighted by Gasteiger charge is -2.27. The third kappa shape index (κ3) is 6.39. The van der Waals surface area contributed by atoms with E-state index < -0.39 is 22.5 Å². The van der Waals surface area contributed by atoms with Crippen LogP contribution in [0.3, 0.4) is 0 Å². The van der Waals surface area contributed by atoms with Crippen molar-refractivity contribution in [1.82, 2.24) is 5.32 Å². The molecule has 3 aromatic rings. The van der Waals surface area contributed by atoms with Gasteiger partial charge in [-0.15, -0.1) is 0 Å². The molecule has 0 saturated carbocycles. The number of amides is 1. The van der Waals surface area contributed by atoms with Gasteiger partial charge in [-0.2, -0.15) is 0 Å². The van der Waals surface area contributed by atoms with Gasteiger partial charge in [0, 0.05) is 6.07 Å². The highest BCUT2D eigenvalue weighted by atomic mass is 32.2. The van der Waals surface area contributed by atoms with Crippen LogP contribution in [0.2, 0.25) is 0 Å². The highest BCUT2D eigenvalue weighted by molar-refractivity contribution is 7.92. The van der Waals surface area contributed by atoms with Crippen molar-refractivity contribution in [3.63, 3.8) is 0 Å². The second-order valence-corrected chi connectivity index (χ2v) is 11.0. The Balaban J connectivity index is 1.99. The molecule has 0 bridgehead atoms. The molecule has 1 amide bonds. The quantitative estimate of drug-likeness (QED) is 0.364. The molecule has 0 heterocycles. The minimum Gasteiger partial charge on any atom is -0.496 e. The summed E-state index contributed by atoms with van der Waals surface area (Å²) in [5.74, 6) is 1.02. The molecule has 3 aromatic carbocycles. The van der Waals surface area contributed by atoms with Crippen molar-refractivity contribution in [2.24, 2.45) is 0 Å². The third-order valence-corrected chi connectivity index (χ3v) is 8.06. The van der Waals surface area contributed by atoms with E-state index in [0.29, 0.717) is 17.9 Å². The molecule has 0 aromatic heterocycles. The normalized spacial score (nSPS) is 12.0. The van der Waals surface area contributed by atoms with Gasteiger partial charge in [-0.1, -0.05) is 25.1 Å². The molecule has 0 aliphatic heterocycles. The third-order valence-electron chi connectivity index (χ3n) is 6.29. The molecule has 0 unspecified atom stereocenters. The molecule has 0 radical (unpaired) electrons. The zero-order valence-corrected chi connectivity index (χ0v) is 23.8. The first-order valence-corrected chi connectivity index (χ1v) is 13.7. The number of ether oxygens (including phenoxy) is 3. The predicted octanol–water partition coefficient (Wildman–Crippen LogP) is 5.10. The number of hydrogen-bond donors (Lipinski definition) is 1. The Bertz CT molecular complexity index is 1380. The van der Waals surface area contributed by atoms with Crippen LogP contribution in [-0.2, 0) is 14.8 Å². The van der Waals surface area contributed by atoms with E-state index in [4.69, 9.17) is 14.2 Å². The lowest BCUT2D eigenvalue weighted by molar-refractivity contribution is -0.120. The van der Waals surface area contributed by atoms with Crippen LogP contribution < -0.4 is 23.8 Å². The largest absolute Gasteiger partial charge is 0.496 e. The SMILES string of the molecule is CC[C@@H](NC(=O)CN(c1cc(C)cc(C)c1)S(=O)(=O)c1ccc(OC)c(OC)c1)c1ccc(OC)c(C)c1. The standard InChI is InChI=1S/C29H36N2O6S/c1-8-25(22-9-11-26(35-5)21(4)16-22)30-29(32)18-31(23-14-19(2)13-20(3)15-23)38(33,34)24-10-12-27(36-6)28(17-24)37-7/h9-17,25H,8,18H2,1-7H3,(H,30,32)/t25-/m1/s1. The predicted molar refractivity (Wildman–Crippen MR) is 149 cm³/mol. The number of anilines is 1. The van der Waals surface area contributed by atoms with Crippen molar-refractivity contribution in [3.8, 4) is 17.2 Å². The van der Waals surface area contributed by atoms with Crippen molar-refractivity contribution in [3.05, 3.63) is 76.9 Å². The van der Waals surface area contributed by atoms with E-state index in [2.05, 4.69) is 5.32 Å². The molecular weight excluding hydrogens is 504 g/mol. The summed E-state index contributed by atoms with van der Waals surface area (Å²) in [4.78, 5) is 13.3. The number of sulfonamides is 1. The number of nitrogens with one attached hydrogen (secondary N) is 1. The summed E-state index contributed by atoms with van der Waals surface area (Å²) in [6.45, 7) is 7.28. The van der Waals surface area contributed by atoms with Crippen LogP contribution in [0.5, 0.6) is 17.2 Å². The van der Waals surface area contributed by atoms with Crippen LogP contribution in [0.25, 0.3) is 0 Å². The summed E-state index contributed by atoms with van der Waals surface area (Å²) in [6.07, 6.45) is 0.628. The summed E-state index contributed by atoms with van der Waals surface area (Å²) < 4.78 is 44.9. The lowest BCUT2D eigenvalue weighted by Crippen LogP contribution is -2.42. The Labute approximate surface area is 225 Å². The van der Waals surface area contributed by atoms with Crippen LogP contribution in [-0.4, -0.2) is 42.2 Å². The van der Waals surface area contributed by atoms with E-state index in [1.165, 1.54) is 32.4 Å². The molecule has 0 spiro atoms. The minimum absolute atomic E-state index is 0.0140. The maximum absolute atomic E-state index is 13.9. The van der Waals surface area contributed by atoms with Gasteiger partial charge in [-0.3, -0.25) is 9.10 Å². The average molecular weight is 541 g/mol. The fourth-order valence-electron chi connectivity index (χ4n) is 4.42. The number of hydrogen-bond acceptors (Lipinski definition) is 6. The lowest BCUT2D eigenvalue weighted by atomic mass is 10.0. The fourth-order valence-corrected chi connectivity index (χ4v) is 5.84. The van der Waals surface area contributed by atoms with Gasteiger partial charge in [0.05, 0.1) is 38.0 Å². The van der Waals surface area contributed by atoms with E-state index in [9.17, 15) is 13.2 Å².